The van der Waals surface area contributed by atoms with Crippen molar-refractivity contribution in [2.45, 2.75) is 51.6 Å². The molecule has 2 aromatic carbocycles. The van der Waals surface area contributed by atoms with Gasteiger partial charge in [-0.05, 0) is 61.6 Å². The minimum Gasteiger partial charge on any atom is -0.494 e. The standard InChI is InChI=1S/C25H28N2O3/c1-2-30-20-14-12-19(13-15-20)26-24(28)16-22-21-10-6-7-11-23(21)27(25(22)29)17-18-8-4-3-5-9-18/h3-5,8-9,12-15,23H,2,6-7,10-11,16-17H2,1H3,(H,26,28). The van der Waals surface area contributed by atoms with Crippen LogP contribution in [0.25, 0.3) is 0 Å². The van der Waals surface area contributed by atoms with Crippen LogP contribution in [0.1, 0.15) is 44.6 Å². The maximum Gasteiger partial charge on any atom is 0.251 e. The molecular formula is C25H28N2O3. The lowest BCUT2D eigenvalue weighted by atomic mass is 9.88. The predicted molar refractivity (Wildman–Crippen MR) is 117 cm³/mol. The van der Waals surface area contributed by atoms with Crippen molar-refractivity contribution in [3.8, 4) is 5.75 Å². The molecule has 5 heteroatoms. The molecule has 0 bridgehead atoms. The first kappa shape index (κ1) is 20.2. The average Bonchev–Trinajstić information content (AvgIpc) is 3.02. The summed E-state index contributed by atoms with van der Waals surface area (Å²) < 4.78 is 5.44. The SMILES string of the molecule is CCOc1ccc(NC(=O)CC2=C3CCCCC3N(Cc3ccccc3)C2=O)cc1. The summed E-state index contributed by atoms with van der Waals surface area (Å²) in [6.45, 7) is 3.13. The van der Waals surface area contributed by atoms with Crippen LogP contribution in [0.15, 0.2) is 65.7 Å². The number of carbonyl (C=O) groups is 2. The molecule has 1 heterocycles. The van der Waals surface area contributed by atoms with Crippen LogP contribution in [0.2, 0.25) is 0 Å². The van der Waals surface area contributed by atoms with Crippen LogP contribution in [-0.2, 0) is 16.1 Å². The number of benzene rings is 2. The van der Waals surface area contributed by atoms with E-state index in [0.29, 0.717) is 24.4 Å². The maximum absolute atomic E-state index is 13.3. The highest BCUT2D eigenvalue weighted by atomic mass is 16.5. The van der Waals surface area contributed by atoms with E-state index < -0.39 is 0 Å². The fourth-order valence-electron chi connectivity index (χ4n) is 4.46. The van der Waals surface area contributed by atoms with Crippen molar-refractivity contribution in [3.05, 3.63) is 71.3 Å². The van der Waals surface area contributed by atoms with Gasteiger partial charge >= 0.3 is 0 Å². The second-order valence-corrected chi connectivity index (χ2v) is 7.87. The molecule has 1 N–H and O–H groups in total. The zero-order valence-electron chi connectivity index (χ0n) is 17.4. The number of ether oxygens (including phenoxy) is 1. The predicted octanol–water partition coefficient (Wildman–Crippen LogP) is 4.70. The number of anilines is 1. The van der Waals surface area contributed by atoms with E-state index in [0.717, 1.165) is 37.0 Å². The van der Waals surface area contributed by atoms with Crippen molar-refractivity contribution in [2.24, 2.45) is 0 Å². The molecular weight excluding hydrogens is 376 g/mol. The van der Waals surface area contributed by atoms with E-state index in [9.17, 15) is 9.59 Å². The lowest BCUT2D eigenvalue weighted by Gasteiger charge is -2.30. The molecule has 1 aliphatic heterocycles. The van der Waals surface area contributed by atoms with E-state index in [4.69, 9.17) is 4.74 Å². The van der Waals surface area contributed by atoms with E-state index in [2.05, 4.69) is 5.32 Å². The summed E-state index contributed by atoms with van der Waals surface area (Å²) in [7, 11) is 0. The summed E-state index contributed by atoms with van der Waals surface area (Å²) in [5.74, 6) is 0.636. The Kier molecular flexibility index (Phi) is 6.17. The van der Waals surface area contributed by atoms with Crippen LogP contribution < -0.4 is 10.1 Å². The van der Waals surface area contributed by atoms with Gasteiger partial charge in [0.1, 0.15) is 5.75 Å². The fraction of sp³-hybridized carbons (Fsp3) is 0.360. The smallest absolute Gasteiger partial charge is 0.251 e. The van der Waals surface area contributed by atoms with E-state index in [1.165, 1.54) is 5.57 Å². The topological polar surface area (TPSA) is 58.6 Å². The molecule has 1 unspecified atom stereocenters. The van der Waals surface area contributed by atoms with Crippen LogP contribution in [0.3, 0.4) is 0 Å². The molecule has 0 aromatic heterocycles. The summed E-state index contributed by atoms with van der Waals surface area (Å²) in [5.41, 5.74) is 3.69. The maximum atomic E-state index is 13.3. The molecule has 0 radical (unpaired) electrons. The summed E-state index contributed by atoms with van der Waals surface area (Å²) in [5, 5.41) is 2.92. The van der Waals surface area contributed by atoms with Crippen LogP contribution in [-0.4, -0.2) is 29.4 Å². The van der Waals surface area contributed by atoms with Crippen LogP contribution >= 0.6 is 0 Å². The average molecular weight is 405 g/mol. The Labute approximate surface area is 177 Å². The van der Waals surface area contributed by atoms with Crippen molar-refractivity contribution in [3.63, 3.8) is 0 Å². The molecule has 5 nitrogen and oxygen atoms in total. The van der Waals surface area contributed by atoms with E-state index in [1.54, 1.807) is 0 Å². The second kappa shape index (κ2) is 9.16. The summed E-state index contributed by atoms with van der Waals surface area (Å²) >= 11 is 0. The van der Waals surface area contributed by atoms with E-state index in [1.807, 2.05) is 66.4 Å². The molecule has 4 rings (SSSR count). The highest BCUT2D eigenvalue weighted by molar-refractivity contribution is 6.04. The highest BCUT2D eigenvalue weighted by Crippen LogP contribution is 2.38. The normalized spacial score (nSPS) is 18.4. The number of nitrogens with one attached hydrogen (secondary N) is 1. The molecule has 2 amide bonds. The Bertz CT molecular complexity index is 935. The zero-order chi connectivity index (χ0) is 20.9. The van der Waals surface area contributed by atoms with Crippen molar-refractivity contribution in [2.75, 3.05) is 11.9 Å². The zero-order valence-corrected chi connectivity index (χ0v) is 17.4. The van der Waals surface area contributed by atoms with Gasteiger partial charge in [-0.1, -0.05) is 36.8 Å². The monoisotopic (exact) mass is 404 g/mol. The first-order chi connectivity index (χ1) is 14.7. The van der Waals surface area contributed by atoms with Crippen molar-refractivity contribution in [1.82, 2.24) is 4.90 Å². The summed E-state index contributed by atoms with van der Waals surface area (Å²) in [4.78, 5) is 27.9. The molecule has 0 saturated heterocycles. The quantitative estimate of drug-likeness (QED) is 0.728. The first-order valence-corrected chi connectivity index (χ1v) is 10.7. The highest BCUT2D eigenvalue weighted by Gasteiger charge is 2.40. The molecule has 1 aliphatic carbocycles. The van der Waals surface area contributed by atoms with Crippen LogP contribution in [0, 0.1) is 0 Å². The number of fused-ring (bicyclic) bond motifs is 1. The number of rotatable bonds is 7. The molecule has 1 saturated carbocycles. The minimum atomic E-state index is -0.152. The molecule has 0 spiro atoms. The van der Waals surface area contributed by atoms with Gasteiger partial charge in [-0.2, -0.15) is 0 Å². The van der Waals surface area contributed by atoms with Crippen molar-refractivity contribution < 1.29 is 14.3 Å². The number of nitrogens with zero attached hydrogens (tertiary/aromatic N) is 1. The number of hydrogen-bond acceptors (Lipinski definition) is 3. The van der Waals surface area contributed by atoms with Gasteiger partial charge in [-0.25, -0.2) is 0 Å². The Morgan fingerprint density at radius 2 is 1.87 bits per heavy atom. The number of hydrogen-bond donors (Lipinski definition) is 1. The summed E-state index contributed by atoms with van der Waals surface area (Å²) in [6, 6.07) is 17.5. The third-order valence-electron chi connectivity index (χ3n) is 5.84. The summed E-state index contributed by atoms with van der Waals surface area (Å²) in [6.07, 6.45) is 4.23. The van der Waals surface area contributed by atoms with Gasteiger partial charge in [0.2, 0.25) is 5.91 Å². The first-order valence-electron chi connectivity index (χ1n) is 10.7. The van der Waals surface area contributed by atoms with Gasteiger partial charge in [0.25, 0.3) is 5.91 Å². The minimum absolute atomic E-state index is 0.0163. The molecule has 1 atom stereocenters. The fourth-order valence-corrected chi connectivity index (χ4v) is 4.46. The number of carbonyl (C=O) groups excluding carboxylic acids is 2. The Morgan fingerprint density at radius 3 is 2.60 bits per heavy atom. The second-order valence-electron chi connectivity index (χ2n) is 7.87. The Morgan fingerprint density at radius 1 is 1.10 bits per heavy atom. The van der Waals surface area contributed by atoms with Crippen LogP contribution in [0.4, 0.5) is 5.69 Å². The molecule has 2 aromatic rings. The van der Waals surface area contributed by atoms with Gasteiger partial charge in [0.05, 0.1) is 19.1 Å². The lowest BCUT2D eigenvalue weighted by molar-refractivity contribution is -0.129. The van der Waals surface area contributed by atoms with E-state index >= 15 is 0 Å². The number of amides is 2. The van der Waals surface area contributed by atoms with Crippen molar-refractivity contribution >= 4 is 17.5 Å². The Balaban J connectivity index is 1.46. The van der Waals surface area contributed by atoms with Gasteiger partial charge in [-0.15, -0.1) is 0 Å². The van der Waals surface area contributed by atoms with Gasteiger partial charge in [-0.3, -0.25) is 9.59 Å². The largest absolute Gasteiger partial charge is 0.494 e. The van der Waals surface area contributed by atoms with Gasteiger partial charge in [0, 0.05) is 17.8 Å². The molecule has 1 fully saturated rings. The molecule has 156 valence electrons. The third kappa shape index (κ3) is 4.40. The molecule has 2 aliphatic rings. The van der Waals surface area contributed by atoms with Crippen LogP contribution in [0.5, 0.6) is 5.75 Å². The van der Waals surface area contributed by atoms with Gasteiger partial charge in [0.15, 0.2) is 0 Å². The third-order valence-corrected chi connectivity index (χ3v) is 5.84. The van der Waals surface area contributed by atoms with Gasteiger partial charge < -0.3 is 15.0 Å². The van der Waals surface area contributed by atoms with Crippen molar-refractivity contribution in [1.29, 1.82) is 0 Å². The molecule has 30 heavy (non-hydrogen) atoms. The van der Waals surface area contributed by atoms with E-state index in [-0.39, 0.29) is 24.3 Å². The Hall–Kier alpha value is -3.08. The lowest BCUT2D eigenvalue weighted by Crippen LogP contribution is -2.36.